The second-order valence-electron chi connectivity index (χ2n) is 9.59. The molecule has 0 amide bonds. The highest BCUT2D eigenvalue weighted by molar-refractivity contribution is 6.32. The number of nitrogens with two attached hydrogens (primary N) is 1. The molecule has 0 spiro atoms. The fourth-order valence-electron chi connectivity index (χ4n) is 4.89. The number of phenolic OH excluding ortho intramolecular Hbond substituents is 1. The van der Waals surface area contributed by atoms with Crippen molar-refractivity contribution >= 4 is 17.2 Å². The average Bonchev–Trinajstić information content (AvgIpc) is 3.20. The number of hydrogen-bond acceptors (Lipinski definition) is 6. The van der Waals surface area contributed by atoms with Crippen LogP contribution in [-0.4, -0.2) is 61.6 Å². The number of piperidine rings is 1. The number of imidazole rings is 1. The molecule has 5 rings (SSSR count). The Balaban J connectivity index is 1.54. The van der Waals surface area contributed by atoms with Gasteiger partial charge in [0.25, 0.3) is 0 Å². The topological polar surface area (TPSA) is 99.9 Å². The van der Waals surface area contributed by atoms with Gasteiger partial charge in [-0.05, 0) is 48.7 Å². The van der Waals surface area contributed by atoms with Gasteiger partial charge in [0.1, 0.15) is 11.6 Å². The van der Waals surface area contributed by atoms with Crippen LogP contribution in [0.4, 0.5) is 4.39 Å². The van der Waals surface area contributed by atoms with Gasteiger partial charge in [0.05, 0.1) is 16.4 Å². The van der Waals surface area contributed by atoms with E-state index in [9.17, 15) is 19.4 Å². The molecular weight excluding hydrogens is 497 g/mol. The van der Waals surface area contributed by atoms with Crippen molar-refractivity contribution in [2.75, 3.05) is 20.1 Å². The van der Waals surface area contributed by atoms with Gasteiger partial charge >= 0.3 is 5.69 Å². The molecule has 4 N–H and O–H groups in total. The van der Waals surface area contributed by atoms with E-state index >= 15 is 0 Å². The van der Waals surface area contributed by atoms with Crippen LogP contribution in [0.15, 0.2) is 65.5 Å². The number of halogens is 2. The summed E-state index contributed by atoms with van der Waals surface area (Å²) in [7, 11) is 3.37. The van der Waals surface area contributed by atoms with E-state index in [0.717, 1.165) is 12.8 Å². The van der Waals surface area contributed by atoms with Gasteiger partial charge in [-0.1, -0.05) is 17.7 Å². The quantitative estimate of drug-likeness (QED) is 0.483. The summed E-state index contributed by atoms with van der Waals surface area (Å²) < 4.78 is 17.7. The van der Waals surface area contributed by atoms with Crippen LogP contribution in [0.1, 0.15) is 18.4 Å². The number of likely N-dealkylation sites (N-methyl/N-ethyl adjacent to an activating group) is 1. The molecule has 10 heteroatoms. The summed E-state index contributed by atoms with van der Waals surface area (Å²) in [4.78, 5) is 16.0. The highest BCUT2D eigenvalue weighted by Crippen LogP contribution is 2.40. The van der Waals surface area contributed by atoms with Crippen LogP contribution < -0.4 is 11.4 Å². The van der Waals surface area contributed by atoms with E-state index < -0.39 is 12.0 Å². The normalized spacial score (nSPS) is 18.7. The van der Waals surface area contributed by atoms with E-state index in [2.05, 4.69) is 4.90 Å². The molecule has 1 unspecified atom stereocenters. The summed E-state index contributed by atoms with van der Waals surface area (Å²) >= 11 is 6.51. The molecule has 0 bridgehead atoms. The molecule has 3 aromatic rings. The van der Waals surface area contributed by atoms with E-state index in [1.807, 2.05) is 0 Å². The van der Waals surface area contributed by atoms with Crippen LogP contribution in [0.25, 0.3) is 22.4 Å². The van der Waals surface area contributed by atoms with Crippen LogP contribution in [0.3, 0.4) is 0 Å². The first-order valence-corrected chi connectivity index (χ1v) is 12.4. The van der Waals surface area contributed by atoms with E-state index in [4.69, 9.17) is 17.3 Å². The molecule has 2 aliphatic rings. The number of hydrogen-bond donors (Lipinski definition) is 3. The lowest BCUT2D eigenvalue weighted by atomic mass is 9.94. The monoisotopic (exact) mass is 525 g/mol. The third-order valence-corrected chi connectivity index (χ3v) is 7.35. The zero-order valence-corrected chi connectivity index (χ0v) is 21.4. The van der Waals surface area contributed by atoms with Gasteiger partial charge in [-0.2, -0.15) is 0 Å². The predicted octanol–water partition coefficient (Wildman–Crippen LogP) is 3.25. The second kappa shape index (κ2) is 9.74. The Hall–Kier alpha value is -3.53. The molecule has 0 radical (unpaired) electrons. The van der Waals surface area contributed by atoms with Crippen molar-refractivity contribution in [3.05, 3.63) is 87.6 Å². The van der Waals surface area contributed by atoms with Crippen LogP contribution in [0.2, 0.25) is 5.02 Å². The number of rotatable bonds is 4. The number of allylic oxidation sites excluding steroid dienone is 2. The number of nitrogens with zero attached hydrogens (tertiary/aromatic N) is 4. The van der Waals surface area contributed by atoms with Crippen LogP contribution in [-0.2, 0) is 7.05 Å². The van der Waals surface area contributed by atoms with Gasteiger partial charge < -0.3 is 30.3 Å². The molecule has 1 saturated heterocycles. The number of aryl methyl sites for hydroxylation is 1. The molecule has 1 aromatic heterocycles. The Labute approximate surface area is 218 Å². The van der Waals surface area contributed by atoms with Gasteiger partial charge in [0.15, 0.2) is 6.23 Å². The summed E-state index contributed by atoms with van der Waals surface area (Å²) in [6.45, 7) is 1.42. The summed E-state index contributed by atoms with van der Waals surface area (Å²) in [5, 5.41) is 22.4. The van der Waals surface area contributed by atoms with Crippen molar-refractivity contribution < 1.29 is 14.6 Å². The number of aromatic hydroxyl groups is 1. The minimum absolute atomic E-state index is 0.116. The molecule has 0 aliphatic carbocycles. The second-order valence-corrected chi connectivity index (χ2v) is 10.0. The Morgan fingerprint density at radius 1 is 1.08 bits per heavy atom. The fraction of sp³-hybridized carbons (Fsp3) is 0.296. The highest BCUT2D eigenvalue weighted by Gasteiger charge is 2.28. The Morgan fingerprint density at radius 2 is 1.78 bits per heavy atom. The van der Waals surface area contributed by atoms with Crippen molar-refractivity contribution in [3.8, 4) is 22.6 Å². The van der Waals surface area contributed by atoms with Crippen LogP contribution >= 0.6 is 11.6 Å². The van der Waals surface area contributed by atoms with Gasteiger partial charge in [0, 0.05) is 68.5 Å². The van der Waals surface area contributed by atoms with Gasteiger partial charge in [0.2, 0.25) is 0 Å². The number of likely N-dealkylation sites (tertiary alicyclic amines) is 1. The molecule has 1 fully saturated rings. The molecule has 2 aromatic carbocycles. The molecule has 2 aliphatic heterocycles. The third kappa shape index (κ3) is 4.66. The number of aliphatic hydroxyl groups is 1. The van der Waals surface area contributed by atoms with Crippen LogP contribution in [0, 0.1) is 5.82 Å². The number of aliphatic hydroxyl groups excluding tert-OH is 1. The first-order chi connectivity index (χ1) is 17.6. The maximum absolute atomic E-state index is 14.9. The van der Waals surface area contributed by atoms with Gasteiger partial charge in [-0.25, -0.2) is 9.18 Å². The zero-order valence-electron chi connectivity index (χ0n) is 20.6. The molecule has 194 valence electrons. The average molecular weight is 526 g/mol. The van der Waals surface area contributed by atoms with E-state index in [0.29, 0.717) is 41.2 Å². The van der Waals surface area contributed by atoms with E-state index in [1.54, 1.807) is 61.9 Å². The lowest BCUT2D eigenvalue weighted by Gasteiger charge is -2.39. The van der Waals surface area contributed by atoms with Crippen molar-refractivity contribution in [1.29, 1.82) is 0 Å². The lowest BCUT2D eigenvalue weighted by molar-refractivity contribution is 0.0519. The fourth-order valence-corrected chi connectivity index (χ4v) is 5.16. The maximum Gasteiger partial charge on any atom is 0.332 e. The largest absolute Gasteiger partial charge is 0.507 e. The summed E-state index contributed by atoms with van der Waals surface area (Å²) in [6, 6.07) is 7.60. The van der Waals surface area contributed by atoms with Crippen molar-refractivity contribution in [2.24, 2.45) is 12.8 Å². The molecule has 37 heavy (non-hydrogen) atoms. The summed E-state index contributed by atoms with van der Waals surface area (Å²) in [5.74, 6) is -0.648. The van der Waals surface area contributed by atoms with Gasteiger partial charge in [-0.3, -0.25) is 4.57 Å². The minimum Gasteiger partial charge on any atom is -0.507 e. The molecule has 8 nitrogen and oxygen atoms in total. The lowest BCUT2D eigenvalue weighted by Crippen LogP contribution is -2.45. The Kier molecular flexibility index (Phi) is 6.61. The van der Waals surface area contributed by atoms with Gasteiger partial charge in [-0.15, -0.1) is 0 Å². The standard InChI is InChI=1S/C27H29ClFN5O3/c1-31-9-10-34(27(31)37)23-4-3-16(11-22(23)28)20-13-18(29)14-21(25(20)35)17-12-24(26(36)32(2)15-17)33-7-5-19(30)6-8-33/h3-4,9-15,19,26,35-36H,5-8,30H2,1-2H3. The zero-order chi connectivity index (χ0) is 26.4. The highest BCUT2D eigenvalue weighted by atomic mass is 35.5. The van der Waals surface area contributed by atoms with E-state index in [1.165, 1.54) is 21.3 Å². The number of benzene rings is 2. The summed E-state index contributed by atoms with van der Waals surface area (Å²) in [6.07, 6.45) is 7.48. The van der Waals surface area contributed by atoms with Crippen molar-refractivity contribution in [3.63, 3.8) is 0 Å². The van der Waals surface area contributed by atoms with E-state index in [-0.39, 0.29) is 28.1 Å². The predicted molar refractivity (Wildman–Crippen MR) is 142 cm³/mol. The Morgan fingerprint density at radius 3 is 2.43 bits per heavy atom. The summed E-state index contributed by atoms with van der Waals surface area (Å²) in [5.41, 5.74) is 8.56. The maximum atomic E-state index is 14.9. The smallest absolute Gasteiger partial charge is 0.332 e. The molecule has 1 atom stereocenters. The molecular formula is C27H29ClFN5O3. The SMILES string of the molecule is CN1C=C(c2cc(F)cc(-c3ccc(-n4ccn(C)c4=O)c(Cl)c3)c2O)C=C(N2CCC(N)CC2)C1O. The molecule has 3 heterocycles. The number of phenols is 1. The molecule has 0 saturated carbocycles. The van der Waals surface area contributed by atoms with Crippen molar-refractivity contribution in [2.45, 2.75) is 25.1 Å². The third-order valence-electron chi connectivity index (χ3n) is 7.05. The first kappa shape index (κ1) is 25.1. The van der Waals surface area contributed by atoms with Crippen LogP contribution in [0.5, 0.6) is 5.75 Å². The minimum atomic E-state index is -0.860. The first-order valence-electron chi connectivity index (χ1n) is 12.0. The van der Waals surface area contributed by atoms with Crippen molar-refractivity contribution in [1.82, 2.24) is 18.9 Å². The Bertz CT molecular complexity index is 1470. The number of aromatic nitrogens is 2.